The summed E-state index contributed by atoms with van der Waals surface area (Å²) >= 11 is 2.62. The van der Waals surface area contributed by atoms with E-state index in [0.29, 0.717) is 23.0 Å². The molecule has 0 saturated heterocycles. The smallest absolute Gasteiger partial charge is 0.271 e. The van der Waals surface area contributed by atoms with Crippen molar-refractivity contribution in [2.24, 2.45) is 0 Å². The van der Waals surface area contributed by atoms with Crippen molar-refractivity contribution in [2.45, 2.75) is 10.8 Å². The maximum absolute atomic E-state index is 12.3. The average Bonchev–Trinajstić information content (AvgIpc) is 3.49. The van der Waals surface area contributed by atoms with E-state index in [1.54, 1.807) is 11.4 Å². The van der Waals surface area contributed by atoms with Crippen LogP contribution in [-0.2, 0) is 16.6 Å². The number of hydrogen-bond donors (Lipinski definition) is 2. The van der Waals surface area contributed by atoms with E-state index in [-0.39, 0.29) is 16.7 Å². The van der Waals surface area contributed by atoms with E-state index < -0.39 is 10.0 Å². The number of nitrogens with one attached hydrogen (secondary N) is 2. The number of carbonyl (C=O) groups excluding carboxylic acids is 1. The maximum Gasteiger partial charge on any atom is 0.271 e. The lowest BCUT2D eigenvalue weighted by atomic mass is 10.2. The molecule has 4 aromatic rings. The molecule has 0 atom stereocenters. The van der Waals surface area contributed by atoms with Crippen molar-refractivity contribution in [3.8, 4) is 10.7 Å². The Morgan fingerprint density at radius 1 is 1.03 bits per heavy atom. The number of nitrogens with zero attached hydrogens (tertiary/aromatic N) is 2. The van der Waals surface area contributed by atoms with Gasteiger partial charge in [-0.05, 0) is 47.2 Å². The number of hydrogen-bond acceptors (Lipinski definition) is 8. The highest BCUT2D eigenvalue weighted by molar-refractivity contribution is 7.94. The van der Waals surface area contributed by atoms with Crippen LogP contribution in [0.2, 0.25) is 0 Å². The third-order valence-electron chi connectivity index (χ3n) is 3.77. The van der Waals surface area contributed by atoms with Crippen molar-refractivity contribution in [2.75, 3.05) is 4.72 Å². The summed E-state index contributed by atoms with van der Waals surface area (Å²) in [4.78, 5) is 17.4. The van der Waals surface area contributed by atoms with Gasteiger partial charge >= 0.3 is 0 Å². The first-order valence-corrected chi connectivity index (χ1v) is 11.6. The molecule has 0 aliphatic heterocycles. The Bertz CT molecular complexity index is 1200. The predicted octanol–water partition coefficient (Wildman–Crippen LogP) is 3.59. The second-order valence-electron chi connectivity index (χ2n) is 5.79. The monoisotopic (exact) mass is 446 g/mol. The molecule has 11 heteroatoms. The second-order valence-corrected chi connectivity index (χ2v) is 9.59. The second kappa shape index (κ2) is 8.15. The first-order valence-electron chi connectivity index (χ1n) is 8.32. The van der Waals surface area contributed by atoms with E-state index in [1.165, 1.54) is 41.7 Å². The van der Waals surface area contributed by atoms with E-state index in [0.717, 1.165) is 16.2 Å². The lowest BCUT2D eigenvalue weighted by molar-refractivity contribution is 0.0946. The zero-order valence-corrected chi connectivity index (χ0v) is 17.2. The van der Waals surface area contributed by atoms with Gasteiger partial charge in [0.25, 0.3) is 15.9 Å². The van der Waals surface area contributed by atoms with Crippen LogP contribution in [0.5, 0.6) is 0 Å². The summed E-state index contributed by atoms with van der Waals surface area (Å²) < 4.78 is 32.3. The molecule has 2 N–H and O–H groups in total. The summed E-state index contributed by atoms with van der Waals surface area (Å²) in [6.45, 7) is 0.0873. The van der Waals surface area contributed by atoms with Gasteiger partial charge in [0.05, 0.1) is 11.4 Å². The summed E-state index contributed by atoms with van der Waals surface area (Å²) in [5, 5.41) is 10.2. The molecular formula is C18H14N4O4S3. The molecule has 0 bridgehead atoms. The predicted molar refractivity (Wildman–Crippen MR) is 110 cm³/mol. The van der Waals surface area contributed by atoms with Crippen LogP contribution in [0.15, 0.2) is 68.0 Å². The molecule has 0 saturated carbocycles. The molecule has 1 aromatic carbocycles. The number of sulfonamides is 1. The fraction of sp³-hybridized carbons (Fsp3) is 0.0556. The molecule has 0 aliphatic carbocycles. The standard InChI is InChI=1S/C18H14N4O4S3/c23-18(19-11-15-20-17(21-26-15)14-3-1-9-27-14)12-5-7-13(8-6-12)22-29(24,25)16-4-2-10-28-16/h1-10,22H,11H2,(H,19,23). The molecule has 3 aromatic heterocycles. The van der Waals surface area contributed by atoms with Crippen molar-refractivity contribution < 1.29 is 17.7 Å². The van der Waals surface area contributed by atoms with Crippen molar-refractivity contribution in [1.82, 2.24) is 15.5 Å². The topological polar surface area (TPSA) is 114 Å². The van der Waals surface area contributed by atoms with Crippen LogP contribution in [0, 0.1) is 0 Å². The minimum Gasteiger partial charge on any atom is -0.343 e. The highest BCUT2D eigenvalue weighted by atomic mass is 32.2. The van der Waals surface area contributed by atoms with Crippen LogP contribution in [0.3, 0.4) is 0 Å². The SMILES string of the molecule is O=C(NCc1nc(-c2cccs2)no1)c1ccc(NS(=O)(=O)c2cccs2)cc1. The Labute approximate surface area is 174 Å². The van der Waals surface area contributed by atoms with Gasteiger partial charge in [0, 0.05) is 11.3 Å². The van der Waals surface area contributed by atoms with Gasteiger partial charge in [-0.1, -0.05) is 17.3 Å². The lowest BCUT2D eigenvalue weighted by Crippen LogP contribution is -2.23. The minimum atomic E-state index is -3.62. The van der Waals surface area contributed by atoms with Gasteiger partial charge in [0.1, 0.15) is 4.21 Å². The van der Waals surface area contributed by atoms with Crippen molar-refractivity contribution in [1.29, 1.82) is 0 Å². The Morgan fingerprint density at radius 2 is 1.79 bits per heavy atom. The molecule has 1 amide bonds. The largest absolute Gasteiger partial charge is 0.343 e. The highest BCUT2D eigenvalue weighted by Crippen LogP contribution is 2.22. The third kappa shape index (κ3) is 4.53. The Morgan fingerprint density at radius 3 is 2.48 bits per heavy atom. The normalized spacial score (nSPS) is 11.3. The summed E-state index contributed by atoms with van der Waals surface area (Å²) in [5.74, 6) is 0.433. The lowest BCUT2D eigenvalue weighted by Gasteiger charge is -2.07. The maximum atomic E-state index is 12.3. The first kappa shape index (κ1) is 19.3. The van der Waals surface area contributed by atoms with E-state index in [4.69, 9.17) is 4.52 Å². The van der Waals surface area contributed by atoms with E-state index in [1.807, 2.05) is 17.5 Å². The molecule has 3 heterocycles. The van der Waals surface area contributed by atoms with Gasteiger partial charge in [-0.2, -0.15) is 4.98 Å². The van der Waals surface area contributed by atoms with Gasteiger partial charge in [0.15, 0.2) is 0 Å². The van der Waals surface area contributed by atoms with Crippen LogP contribution in [-0.4, -0.2) is 24.5 Å². The molecule has 0 fully saturated rings. The quantitative estimate of drug-likeness (QED) is 0.448. The molecular weight excluding hydrogens is 432 g/mol. The van der Waals surface area contributed by atoms with Crippen molar-refractivity contribution >= 4 is 44.3 Å². The third-order valence-corrected chi connectivity index (χ3v) is 7.41. The summed E-state index contributed by atoms with van der Waals surface area (Å²) in [6.07, 6.45) is 0. The van der Waals surface area contributed by atoms with Gasteiger partial charge in [-0.25, -0.2) is 8.42 Å². The van der Waals surface area contributed by atoms with Crippen molar-refractivity contribution in [3.63, 3.8) is 0 Å². The number of amides is 1. The van der Waals surface area contributed by atoms with Gasteiger partial charge in [-0.3, -0.25) is 9.52 Å². The number of carbonyl (C=O) groups is 1. The van der Waals surface area contributed by atoms with Crippen LogP contribution in [0.25, 0.3) is 10.7 Å². The molecule has 0 aliphatic rings. The summed E-state index contributed by atoms with van der Waals surface area (Å²) in [7, 11) is -3.62. The number of benzene rings is 1. The van der Waals surface area contributed by atoms with Crippen LogP contribution in [0.1, 0.15) is 16.2 Å². The number of thiophene rings is 2. The van der Waals surface area contributed by atoms with Gasteiger partial charge in [-0.15, -0.1) is 22.7 Å². The van der Waals surface area contributed by atoms with Crippen LogP contribution < -0.4 is 10.0 Å². The fourth-order valence-corrected chi connectivity index (χ4v) is 5.10. The Hall–Kier alpha value is -3.02. The molecule has 29 heavy (non-hydrogen) atoms. The molecule has 0 radical (unpaired) electrons. The summed E-state index contributed by atoms with van der Waals surface area (Å²) in [5.41, 5.74) is 0.745. The zero-order chi connectivity index (χ0) is 20.3. The van der Waals surface area contributed by atoms with Crippen LogP contribution in [0.4, 0.5) is 5.69 Å². The molecule has 8 nitrogen and oxygen atoms in total. The fourth-order valence-electron chi connectivity index (χ4n) is 2.40. The minimum absolute atomic E-state index is 0.0873. The Kier molecular flexibility index (Phi) is 5.43. The first-order chi connectivity index (χ1) is 14.0. The highest BCUT2D eigenvalue weighted by Gasteiger charge is 2.16. The number of rotatable bonds is 7. The summed E-state index contributed by atoms with van der Waals surface area (Å²) in [6, 6.07) is 13.1. The molecule has 148 valence electrons. The van der Waals surface area contributed by atoms with Crippen LogP contribution >= 0.6 is 22.7 Å². The molecule has 0 unspecified atom stereocenters. The Balaban J connectivity index is 1.36. The number of aromatic nitrogens is 2. The molecule has 0 spiro atoms. The van der Waals surface area contributed by atoms with Crippen molar-refractivity contribution in [3.05, 3.63) is 70.7 Å². The van der Waals surface area contributed by atoms with E-state index in [2.05, 4.69) is 20.2 Å². The van der Waals surface area contributed by atoms with E-state index in [9.17, 15) is 13.2 Å². The average molecular weight is 447 g/mol. The zero-order valence-electron chi connectivity index (χ0n) is 14.7. The number of anilines is 1. The molecule has 4 rings (SSSR count). The van der Waals surface area contributed by atoms with E-state index >= 15 is 0 Å². The van der Waals surface area contributed by atoms with Gasteiger partial charge < -0.3 is 9.84 Å². The van der Waals surface area contributed by atoms with Gasteiger partial charge in [0.2, 0.25) is 11.7 Å².